The summed E-state index contributed by atoms with van der Waals surface area (Å²) < 4.78 is 0. The van der Waals surface area contributed by atoms with Crippen molar-refractivity contribution in [2.45, 2.75) is 117 Å². The molecule has 2 aromatic rings. The zero-order valence-electron chi connectivity index (χ0n) is 38.3. The number of amides is 7. The third kappa shape index (κ3) is 10.8. The van der Waals surface area contributed by atoms with Crippen molar-refractivity contribution >= 4 is 52.9 Å². The number of anilines is 2. The van der Waals surface area contributed by atoms with Gasteiger partial charge in [-0.1, -0.05) is 39.2 Å². The highest BCUT2D eigenvalue weighted by Gasteiger charge is 2.43. The molecule has 5 N–H and O–H groups in total. The van der Waals surface area contributed by atoms with Gasteiger partial charge >= 0.3 is 6.03 Å². The number of carbonyl (C=O) groups is 6. The molecule has 1 aliphatic carbocycles. The van der Waals surface area contributed by atoms with Crippen molar-refractivity contribution in [1.82, 2.24) is 41.0 Å². The molecule has 4 heterocycles. The predicted octanol–water partition coefficient (Wildman–Crippen LogP) is 4.04. The Morgan fingerprint density at radius 3 is 2.37 bits per heavy atom. The summed E-state index contributed by atoms with van der Waals surface area (Å²) in [4.78, 5) is 98.5. The number of aromatic nitrogens is 1. The van der Waals surface area contributed by atoms with Crippen LogP contribution in [0.4, 0.5) is 16.2 Å². The second-order valence-electron chi connectivity index (χ2n) is 18.5. The Bertz CT molecular complexity index is 2140. The minimum Gasteiger partial charge on any atom is -0.347 e. The van der Waals surface area contributed by atoms with Crippen LogP contribution in [0.1, 0.15) is 101 Å². The van der Waals surface area contributed by atoms with Gasteiger partial charge in [0.2, 0.25) is 29.6 Å². The van der Waals surface area contributed by atoms with Crippen molar-refractivity contribution in [3.63, 3.8) is 0 Å². The van der Waals surface area contributed by atoms with E-state index < -0.39 is 41.4 Å². The van der Waals surface area contributed by atoms with Crippen LogP contribution in [0.15, 0.2) is 52.9 Å². The van der Waals surface area contributed by atoms with E-state index in [-0.39, 0.29) is 36.2 Å². The Labute approximate surface area is 370 Å². The molecule has 7 amide bonds. The molecule has 1 aromatic carbocycles. The number of likely N-dealkylation sites (N-methyl/N-ethyl adjacent to an activating group) is 1. The lowest BCUT2D eigenvalue weighted by Gasteiger charge is -2.39. The quantitative estimate of drug-likeness (QED) is 0.197. The summed E-state index contributed by atoms with van der Waals surface area (Å²) in [6.45, 7) is 11.8. The van der Waals surface area contributed by atoms with Crippen molar-refractivity contribution in [3.05, 3.63) is 64.7 Å². The fourth-order valence-corrected chi connectivity index (χ4v) is 8.80. The molecule has 0 spiro atoms. The molecule has 63 heavy (non-hydrogen) atoms. The molecule has 0 radical (unpaired) electrons. The van der Waals surface area contributed by atoms with Crippen molar-refractivity contribution in [2.75, 3.05) is 51.0 Å². The van der Waals surface area contributed by atoms with Crippen molar-refractivity contribution in [1.29, 1.82) is 0 Å². The first-order valence-electron chi connectivity index (χ1n) is 22.2. The van der Waals surface area contributed by atoms with E-state index in [0.29, 0.717) is 55.4 Å². The minimum absolute atomic E-state index is 0.137. The molecular formula is C46H65N11O6. The van der Waals surface area contributed by atoms with E-state index in [2.05, 4.69) is 36.6 Å². The lowest BCUT2D eigenvalue weighted by atomic mass is 9.83. The van der Waals surface area contributed by atoms with Crippen LogP contribution in [-0.4, -0.2) is 126 Å². The maximum atomic E-state index is 14.7. The number of urea groups is 1. The average Bonchev–Trinajstić information content (AvgIpc) is 3.75. The molecule has 2 fully saturated rings. The molecule has 4 aliphatic rings. The molecular weight excluding hydrogens is 803 g/mol. The summed E-state index contributed by atoms with van der Waals surface area (Å²) >= 11 is 0. The zero-order chi connectivity index (χ0) is 45.7. The van der Waals surface area contributed by atoms with Crippen molar-refractivity contribution in [3.8, 4) is 0 Å². The fourth-order valence-electron chi connectivity index (χ4n) is 8.80. The fraction of sp³-hybridized carbons (Fsp3) is 0.565. The summed E-state index contributed by atoms with van der Waals surface area (Å²) in [5.41, 5.74) is 2.81. The van der Waals surface area contributed by atoms with E-state index in [4.69, 9.17) is 0 Å². The normalized spacial score (nSPS) is 19.1. The van der Waals surface area contributed by atoms with Gasteiger partial charge in [-0.05, 0) is 101 Å². The molecule has 17 nitrogen and oxygen atoms in total. The number of nitrogens with zero attached hydrogens (tertiary/aromatic N) is 6. The number of nitrogens with one attached hydrogen (secondary N) is 5. The van der Waals surface area contributed by atoms with Gasteiger partial charge in [-0.3, -0.25) is 38.8 Å². The molecule has 1 aromatic heterocycles. The SMILES string of the molecule is Cc1ccc(NC2=NCC3=C(N2)N(C)C(=O)N(c2cc(C(=O)N[C@H](C(=O)N4CCC[C@H]4C(=O)NC(C)(C)C(=O)N[C@@H](CC(C)C)C(=O)N(C)C)C4CCCCC4)ccc2C)C3)cn1. The van der Waals surface area contributed by atoms with E-state index in [9.17, 15) is 28.8 Å². The number of benzene rings is 1. The molecule has 0 unspecified atom stereocenters. The summed E-state index contributed by atoms with van der Waals surface area (Å²) in [5, 5.41) is 15.3. The summed E-state index contributed by atoms with van der Waals surface area (Å²) in [6, 6.07) is 6.21. The highest BCUT2D eigenvalue weighted by Crippen LogP contribution is 2.32. The molecule has 3 atom stereocenters. The molecule has 340 valence electrons. The number of likely N-dealkylation sites (tertiary alicyclic amines) is 1. The van der Waals surface area contributed by atoms with Crippen LogP contribution in [0.3, 0.4) is 0 Å². The van der Waals surface area contributed by atoms with Gasteiger partial charge < -0.3 is 36.4 Å². The number of hydrogen-bond acceptors (Lipinski definition) is 10. The second-order valence-corrected chi connectivity index (χ2v) is 18.5. The smallest absolute Gasteiger partial charge is 0.330 e. The monoisotopic (exact) mass is 868 g/mol. The largest absolute Gasteiger partial charge is 0.347 e. The Morgan fingerprint density at radius 2 is 1.70 bits per heavy atom. The topological polar surface area (TPSA) is 201 Å². The molecule has 1 saturated carbocycles. The molecule has 17 heteroatoms. The third-order valence-corrected chi connectivity index (χ3v) is 12.4. The first-order chi connectivity index (χ1) is 29.8. The Morgan fingerprint density at radius 1 is 0.968 bits per heavy atom. The maximum Gasteiger partial charge on any atom is 0.330 e. The lowest BCUT2D eigenvalue weighted by molar-refractivity contribution is -0.143. The van der Waals surface area contributed by atoms with Gasteiger partial charge in [-0.15, -0.1) is 0 Å². The van der Waals surface area contributed by atoms with Gasteiger partial charge in [0.15, 0.2) is 0 Å². The Kier molecular flexibility index (Phi) is 14.5. The standard InChI is InChI=1S/C46H65N11O6/c1-27(2)22-34(41(60)54(7)8)50-43(62)46(5,6)53-40(59)35-16-13-21-56(35)42(61)37(30-14-11-10-12-15-30)51-39(58)31-19-17-28(3)36(23-31)57-26-32-24-48-44(52-38(32)55(9)45(57)63)49-33-20-18-29(4)47-25-33/h17-20,23,25,27,30,34-35,37H,10-16,21-22,24,26H2,1-9H3,(H,50,62)(H,51,58)(H,53,59)(H2,48,49,52)/t34-,35-,37-/m0/s1. The summed E-state index contributed by atoms with van der Waals surface area (Å²) in [7, 11) is 4.96. The number of aryl methyl sites for hydroxylation is 2. The van der Waals surface area contributed by atoms with Crippen LogP contribution in [-0.2, 0) is 19.2 Å². The van der Waals surface area contributed by atoms with E-state index >= 15 is 0 Å². The van der Waals surface area contributed by atoms with Crippen LogP contribution < -0.4 is 31.5 Å². The first-order valence-corrected chi connectivity index (χ1v) is 22.2. The van der Waals surface area contributed by atoms with Gasteiger partial charge in [0.05, 0.1) is 25.0 Å². The zero-order valence-corrected chi connectivity index (χ0v) is 38.3. The Balaban J connectivity index is 1.16. The van der Waals surface area contributed by atoms with Gasteiger partial charge in [0.1, 0.15) is 29.5 Å². The van der Waals surface area contributed by atoms with Crippen LogP contribution in [0.25, 0.3) is 0 Å². The van der Waals surface area contributed by atoms with Crippen molar-refractivity contribution in [2.24, 2.45) is 16.8 Å². The third-order valence-electron chi connectivity index (χ3n) is 12.4. The maximum absolute atomic E-state index is 14.7. The Hall–Kier alpha value is -6.00. The summed E-state index contributed by atoms with van der Waals surface area (Å²) in [5.74, 6) is -0.855. The van der Waals surface area contributed by atoms with Crippen LogP contribution in [0.2, 0.25) is 0 Å². The lowest BCUT2D eigenvalue weighted by Crippen LogP contribution is -2.62. The predicted molar refractivity (Wildman–Crippen MR) is 242 cm³/mol. The minimum atomic E-state index is -1.39. The van der Waals surface area contributed by atoms with Crippen LogP contribution >= 0.6 is 0 Å². The van der Waals surface area contributed by atoms with Crippen LogP contribution in [0, 0.1) is 25.7 Å². The van der Waals surface area contributed by atoms with E-state index in [1.54, 1.807) is 74.1 Å². The summed E-state index contributed by atoms with van der Waals surface area (Å²) in [6.07, 6.45) is 7.50. The molecule has 0 bridgehead atoms. The van der Waals surface area contributed by atoms with Crippen molar-refractivity contribution < 1.29 is 28.8 Å². The van der Waals surface area contributed by atoms with E-state index in [1.165, 1.54) is 4.90 Å². The second kappa shape index (κ2) is 19.6. The highest BCUT2D eigenvalue weighted by atomic mass is 16.2. The molecule has 3 aliphatic heterocycles. The number of carbonyl (C=O) groups excluding carboxylic acids is 6. The number of guanidine groups is 1. The number of hydrogen-bond donors (Lipinski definition) is 5. The number of aliphatic imine (C=N–C) groups is 1. The average molecular weight is 868 g/mol. The number of rotatable bonds is 13. The van der Waals surface area contributed by atoms with Gasteiger partial charge in [0.25, 0.3) is 5.91 Å². The number of pyridine rings is 1. The van der Waals surface area contributed by atoms with E-state index in [0.717, 1.165) is 54.6 Å². The first kappa shape index (κ1) is 46.5. The van der Waals surface area contributed by atoms with E-state index in [1.807, 2.05) is 39.8 Å². The van der Waals surface area contributed by atoms with Crippen LogP contribution in [0.5, 0.6) is 0 Å². The molecule has 1 saturated heterocycles. The van der Waals surface area contributed by atoms with Gasteiger partial charge in [-0.2, -0.15) is 0 Å². The molecule has 6 rings (SSSR count). The van der Waals surface area contributed by atoms with Gasteiger partial charge in [-0.25, -0.2) is 9.79 Å². The van der Waals surface area contributed by atoms with Gasteiger partial charge in [0, 0.05) is 50.2 Å². The highest BCUT2D eigenvalue weighted by molar-refractivity contribution is 6.03.